The van der Waals surface area contributed by atoms with Gasteiger partial charge in [-0.25, -0.2) is 0 Å². The van der Waals surface area contributed by atoms with Gasteiger partial charge >= 0.3 is 5.97 Å². The zero-order valence-electron chi connectivity index (χ0n) is 13.5. The van der Waals surface area contributed by atoms with E-state index in [-0.39, 0.29) is 12.5 Å². The normalized spacial score (nSPS) is 12.0. The lowest BCUT2D eigenvalue weighted by molar-refractivity contribution is -0.141. The Morgan fingerprint density at radius 3 is 2.65 bits per heavy atom. The first kappa shape index (κ1) is 16.7. The molecule has 0 saturated heterocycles. The van der Waals surface area contributed by atoms with Gasteiger partial charge in [0.2, 0.25) is 0 Å². The third-order valence-electron chi connectivity index (χ3n) is 3.68. The molecule has 2 N–H and O–H groups in total. The van der Waals surface area contributed by atoms with Crippen LogP contribution in [0.1, 0.15) is 27.2 Å². The van der Waals surface area contributed by atoms with Crippen molar-refractivity contribution in [2.75, 3.05) is 6.54 Å². The third-order valence-corrected chi connectivity index (χ3v) is 3.68. The van der Waals surface area contributed by atoms with Gasteiger partial charge in [-0.15, -0.1) is 0 Å². The highest BCUT2D eigenvalue weighted by Gasteiger charge is 2.20. The number of carbonyl (C=O) groups excluding carboxylic acids is 1. The van der Waals surface area contributed by atoms with Crippen molar-refractivity contribution in [3.63, 3.8) is 0 Å². The van der Waals surface area contributed by atoms with Gasteiger partial charge in [0.05, 0.1) is 17.2 Å². The molecule has 2 aromatic rings. The smallest absolute Gasteiger partial charge is 0.308 e. The Kier molecular flexibility index (Phi) is 5.16. The maximum Gasteiger partial charge on any atom is 0.308 e. The number of aromatic nitrogens is 2. The first-order valence-electron chi connectivity index (χ1n) is 7.43. The monoisotopic (exact) mass is 315 g/mol. The van der Waals surface area contributed by atoms with Crippen molar-refractivity contribution in [3.8, 4) is 0 Å². The van der Waals surface area contributed by atoms with Gasteiger partial charge in [0.1, 0.15) is 0 Å². The Labute approximate surface area is 135 Å². The molecule has 1 aromatic carbocycles. The Balaban J connectivity index is 2.01. The molecule has 23 heavy (non-hydrogen) atoms. The quantitative estimate of drug-likeness (QED) is 0.850. The van der Waals surface area contributed by atoms with Gasteiger partial charge in [0, 0.05) is 19.8 Å². The largest absolute Gasteiger partial charge is 0.481 e. The predicted molar refractivity (Wildman–Crippen MR) is 86.3 cm³/mol. The number of carboxylic acid groups (broad SMARTS) is 1. The number of carbonyl (C=O) groups is 2. The second kappa shape index (κ2) is 7.09. The fourth-order valence-corrected chi connectivity index (χ4v) is 2.50. The summed E-state index contributed by atoms with van der Waals surface area (Å²) in [5.74, 6) is -1.89. The van der Waals surface area contributed by atoms with Crippen LogP contribution in [0.4, 0.5) is 0 Å². The fourth-order valence-electron chi connectivity index (χ4n) is 2.50. The summed E-state index contributed by atoms with van der Waals surface area (Å²) >= 11 is 0. The molecule has 0 bridgehead atoms. The molecule has 1 amide bonds. The van der Waals surface area contributed by atoms with Crippen molar-refractivity contribution < 1.29 is 14.7 Å². The van der Waals surface area contributed by atoms with Gasteiger partial charge in [-0.3, -0.25) is 14.3 Å². The van der Waals surface area contributed by atoms with Gasteiger partial charge in [-0.1, -0.05) is 29.8 Å². The van der Waals surface area contributed by atoms with Crippen molar-refractivity contribution in [1.29, 1.82) is 0 Å². The first-order chi connectivity index (χ1) is 10.9. The molecule has 1 aromatic heterocycles. The summed E-state index contributed by atoms with van der Waals surface area (Å²) in [5, 5.41) is 16.2. The van der Waals surface area contributed by atoms with E-state index in [0.717, 1.165) is 11.1 Å². The molecule has 6 heteroatoms. The van der Waals surface area contributed by atoms with Crippen LogP contribution in [-0.4, -0.2) is 33.3 Å². The van der Waals surface area contributed by atoms with E-state index >= 15 is 0 Å². The Bertz CT molecular complexity index is 722. The lowest BCUT2D eigenvalue weighted by atomic mass is 9.98. The van der Waals surface area contributed by atoms with E-state index in [1.807, 2.05) is 31.2 Å². The highest BCUT2D eigenvalue weighted by Crippen LogP contribution is 2.11. The summed E-state index contributed by atoms with van der Waals surface area (Å²) in [4.78, 5) is 23.6. The lowest BCUT2D eigenvalue weighted by Gasteiger charge is -2.14. The number of carboxylic acids is 1. The predicted octanol–water partition coefficient (Wildman–Crippen LogP) is 1.71. The summed E-state index contributed by atoms with van der Waals surface area (Å²) in [6.07, 6.45) is 2.00. The third kappa shape index (κ3) is 4.42. The SMILES string of the molecule is Cc1cccc(CC(CNC(=O)c2cn(C)nc2C)C(=O)O)c1. The number of aliphatic carboxylic acids is 1. The molecule has 0 radical (unpaired) electrons. The van der Waals surface area contributed by atoms with Crippen LogP contribution in [0.5, 0.6) is 0 Å². The minimum absolute atomic E-state index is 0.0798. The van der Waals surface area contributed by atoms with Crippen molar-refractivity contribution in [1.82, 2.24) is 15.1 Å². The molecule has 0 aliphatic carbocycles. The Hall–Kier alpha value is -2.63. The highest BCUT2D eigenvalue weighted by atomic mass is 16.4. The minimum atomic E-state index is -0.922. The van der Waals surface area contributed by atoms with E-state index in [4.69, 9.17) is 0 Å². The number of nitrogens with zero attached hydrogens (tertiary/aromatic N) is 2. The number of amides is 1. The van der Waals surface area contributed by atoms with Crippen LogP contribution in [0.2, 0.25) is 0 Å². The number of rotatable bonds is 6. The van der Waals surface area contributed by atoms with Gasteiger partial charge in [-0.2, -0.15) is 5.10 Å². The number of aryl methyl sites for hydroxylation is 3. The Morgan fingerprint density at radius 2 is 2.09 bits per heavy atom. The van der Waals surface area contributed by atoms with Crippen molar-refractivity contribution in [2.24, 2.45) is 13.0 Å². The molecule has 0 spiro atoms. The molecule has 1 atom stereocenters. The Morgan fingerprint density at radius 1 is 1.35 bits per heavy atom. The van der Waals surface area contributed by atoms with Crippen molar-refractivity contribution in [2.45, 2.75) is 20.3 Å². The molecule has 1 heterocycles. The van der Waals surface area contributed by atoms with E-state index < -0.39 is 11.9 Å². The summed E-state index contributed by atoms with van der Waals surface area (Å²) < 4.78 is 1.56. The van der Waals surface area contributed by atoms with E-state index in [9.17, 15) is 14.7 Å². The van der Waals surface area contributed by atoms with Crippen molar-refractivity contribution >= 4 is 11.9 Å². The van der Waals surface area contributed by atoms with Crippen molar-refractivity contribution in [3.05, 3.63) is 52.8 Å². The van der Waals surface area contributed by atoms with Crippen LogP contribution in [0.25, 0.3) is 0 Å². The zero-order chi connectivity index (χ0) is 17.0. The number of benzene rings is 1. The van der Waals surface area contributed by atoms with E-state index in [1.54, 1.807) is 24.9 Å². The second-order valence-corrected chi connectivity index (χ2v) is 5.74. The number of nitrogens with one attached hydrogen (secondary N) is 1. The summed E-state index contributed by atoms with van der Waals surface area (Å²) in [7, 11) is 1.74. The maximum absolute atomic E-state index is 12.2. The number of hydrogen-bond acceptors (Lipinski definition) is 3. The molecule has 2 rings (SSSR count). The van der Waals surface area contributed by atoms with E-state index in [1.165, 1.54) is 0 Å². The molecule has 0 saturated carbocycles. The summed E-state index contributed by atoms with van der Waals surface area (Å²) in [6, 6.07) is 7.73. The van der Waals surface area contributed by atoms with Crippen LogP contribution in [0, 0.1) is 19.8 Å². The van der Waals surface area contributed by atoms with E-state index in [2.05, 4.69) is 10.4 Å². The van der Waals surface area contributed by atoms with Gasteiger partial charge in [0.25, 0.3) is 5.91 Å². The molecular weight excluding hydrogens is 294 g/mol. The average molecular weight is 315 g/mol. The summed E-state index contributed by atoms with van der Waals surface area (Å²) in [6.45, 7) is 3.79. The molecule has 0 aliphatic heterocycles. The number of hydrogen-bond donors (Lipinski definition) is 2. The van der Waals surface area contributed by atoms with Crippen LogP contribution in [0.15, 0.2) is 30.5 Å². The van der Waals surface area contributed by atoms with Gasteiger partial charge in [-0.05, 0) is 25.8 Å². The topological polar surface area (TPSA) is 84.2 Å². The van der Waals surface area contributed by atoms with E-state index in [0.29, 0.717) is 17.7 Å². The second-order valence-electron chi connectivity index (χ2n) is 5.74. The summed E-state index contributed by atoms with van der Waals surface area (Å²) in [5.41, 5.74) is 3.12. The standard InChI is InChI=1S/C17H21N3O3/c1-11-5-4-6-13(7-11)8-14(17(22)23)9-18-16(21)15-10-20(3)19-12(15)2/h4-7,10,14H,8-9H2,1-3H3,(H,18,21)(H,22,23). The molecule has 1 unspecified atom stereocenters. The molecule has 0 fully saturated rings. The fraction of sp³-hybridized carbons (Fsp3) is 0.353. The van der Waals surface area contributed by atoms with Crippen LogP contribution >= 0.6 is 0 Å². The molecular formula is C17H21N3O3. The van der Waals surface area contributed by atoms with Gasteiger partial charge in [0.15, 0.2) is 0 Å². The maximum atomic E-state index is 12.2. The molecule has 122 valence electrons. The molecule has 0 aliphatic rings. The zero-order valence-corrected chi connectivity index (χ0v) is 13.5. The average Bonchev–Trinajstić information content (AvgIpc) is 2.81. The van der Waals surface area contributed by atoms with Crippen LogP contribution < -0.4 is 5.32 Å². The van der Waals surface area contributed by atoms with Crippen LogP contribution in [-0.2, 0) is 18.3 Å². The minimum Gasteiger partial charge on any atom is -0.481 e. The van der Waals surface area contributed by atoms with Gasteiger partial charge < -0.3 is 10.4 Å². The lowest BCUT2D eigenvalue weighted by Crippen LogP contribution is -2.34. The first-order valence-corrected chi connectivity index (χ1v) is 7.43. The highest BCUT2D eigenvalue weighted by molar-refractivity contribution is 5.95. The van der Waals surface area contributed by atoms with Crippen LogP contribution in [0.3, 0.4) is 0 Å². The molecule has 6 nitrogen and oxygen atoms in total.